The fourth-order valence-corrected chi connectivity index (χ4v) is 4.12. The molecule has 0 radical (unpaired) electrons. The summed E-state index contributed by atoms with van der Waals surface area (Å²) in [6.45, 7) is 7.89. The second-order valence-electron chi connectivity index (χ2n) is 7.26. The second-order valence-corrected chi connectivity index (χ2v) is 8.20. The van der Waals surface area contributed by atoms with E-state index in [2.05, 4.69) is 44.2 Å². The predicted molar refractivity (Wildman–Crippen MR) is 110 cm³/mol. The van der Waals surface area contributed by atoms with E-state index in [-0.39, 0.29) is 5.91 Å². The van der Waals surface area contributed by atoms with Crippen molar-refractivity contribution in [2.24, 2.45) is 0 Å². The van der Waals surface area contributed by atoms with Crippen molar-refractivity contribution in [1.29, 1.82) is 0 Å². The normalized spacial score (nSPS) is 13.7. The van der Waals surface area contributed by atoms with Crippen LogP contribution >= 0.6 is 11.8 Å². The lowest BCUT2D eigenvalue weighted by Gasteiger charge is -2.08. The molecule has 1 fully saturated rings. The van der Waals surface area contributed by atoms with Crippen LogP contribution in [0.25, 0.3) is 5.69 Å². The van der Waals surface area contributed by atoms with Crippen molar-refractivity contribution in [1.82, 2.24) is 24.5 Å². The van der Waals surface area contributed by atoms with Crippen molar-refractivity contribution in [3.63, 3.8) is 0 Å². The smallest absolute Gasteiger partial charge is 0.234 e. The highest BCUT2D eigenvalue weighted by Gasteiger charge is 2.28. The standard InChI is InChI=1S/C20H24N6OS/c1-12-5-7-17(8-6-12)26-14(3)19(13(2)24-26)21-18(27)11-28-20-23-22-15(4)25(20)16-9-10-16/h5-8,16H,9-11H2,1-4H3,(H,21,27). The van der Waals surface area contributed by atoms with Crippen LogP contribution in [0.1, 0.15) is 41.7 Å². The number of rotatable bonds is 6. The summed E-state index contributed by atoms with van der Waals surface area (Å²) in [6, 6.07) is 8.67. The third-order valence-corrected chi connectivity index (χ3v) is 5.86. The zero-order chi connectivity index (χ0) is 19.8. The molecule has 2 heterocycles. The Morgan fingerprint density at radius 1 is 1.14 bits per heavy atom. The van der Waals surface area contributed by atoms with Crippen LogP contribution in [-0.2, 0) is 4.79 Å². The molecule has 0 bridgehead atoms. The molecule has 1 N–H and O–H groups in total. The summed E-state index contributed by atoms with van der Waals surface area (Å²) in [5, 5.41) is 16.8. The number of benzene rings is 1. The number of amides is 1. The first-order valence-electron chi connectivity index (χ1n) is 9.41. The zero-order valence-electron chi connectivity index (χ0n) is 16.6. The quantitative estimate of drug-likeness (QED) is 0.642. The Bertz CT molecular complexity index is 1020. The number of hydrogen-bond acceptors (Lipinski definition) is 5. The van der Waals surface area contributed by atoms with Gasteiger partial charge in [0.05, 0.1) is 28.5 Å². The third kappa shape index (κ3) is 3.69. The van der Waals surface area contributed by atoms with Gasteiger partial charge in [0.25, 0.3) is 0 Å². The summed E-state index contributed by atoms with van der Waals surface area (Å²) in [7, 11) is 0. The van der Waals surface area contributed by atoms with E-state index in [1.165, 1.54) is 17.3 Å². The fraction of sp³-hybridized carbons (Fsp3) is 0.400. The van der Waals surface area contributed by atoms with Crippen molar-refractivity contribution < 1.29 is 4.79 Å². The molecule has 1 aliphatic rings. The third-order valence-electron chi connectivity index (χ3n) is 4.91. The maximum Gasteiger partial charge on any atom is 0.234 e. The molecule has 7 nitrogen and oxygen atoms in total. The largest absolute Gasteiger partial charge is 0.322 e. The Balaban J connectivity index is 1.45. The molecular weight excluding hydrogens is 372 g/mol. The second kappa shape index (κ2) is 7.43. The van der Waals surface area contributed by atoms with Crippen LogP contribution in [0.3, 0.4) is 0 Å². The van der Waals surface area contributed by atoms with Crippen LogP contribution < -0.4 is 5.32 Å². The van der Waals surface area contributed by atoms with E-state index in [0.29, 0.717) is 11.8 Å². The molecule has 1 aromatic carbocycles. The van der Waals surface area contributed by atoms with E-state index in [0.717, 1.165) is 46.6 Å². The molecule has 3 aromatic rings. The number of carbonyl (C=O) groups is 1. The Hall–Kier alpha value is -2.61. The molecule has 146 valence electrons. The number of carbonyl (C=O) groups excluding carboxylic acids is 1. The SMILES string of the molecule is Cc1ccc(-n2nc(C)c(NC(=O)CSc3nnc(C)n3C3CC3)c2C)cc1. The van der Waals surface area contributed by atoms with Crippen LogP contribution in [0.2, 0.25) is 0 Å². The van der Waals surface area contributed by atoms with Crippen molar-refractivity contribution in [3.05, 3.63) is 47.0 Å². The Kier molecular flexibility index (Phi) is 4.97. The first-order chi connectivity index (χ1) is 13.4. The molecule has 8 heteroatoms. The highest BCUT2D eigenvalue weighted by Crippen LogP contribution is 2.38. The van der Waals surface area contributed by atoms with Crippen LogP contribution in [0, 0.1) is 27.7 Å². The summed E-state index contributed by atoms with van der Waals surface area (Å²) < 4.78 is 4.01. The summed E-state index contributed by atoms with van der Waals surface area (Å²) in [5.74, 6) is 1.14. The molecule has 1 amide bonds. The average Bonchev–Trinajstić information content (AvgIpc) is 3.39. The van der Waals surface area contributed by atoms with Crippen LogP contribution in [0.5, 0.6) is 0 Å². The number of nitrogens with zero attached hydrogens (tertiary/aromatic N) is 5. The molecule has 28 heavy (non-hydrogen) atoms. The first-order valence-corrected chi connectivity index (χ1v) is 10.4. The molecule has 0 saturated heterocycles. The monoisotopic (exact) mass is 396 g/mol. The van der Waals surface area contributed by atoms with E-state index in [1.807, 2.05) is 37.6 Å². The van der Waals surface area contributed by atoms with Gasteiger partial charge in [-0.2, -0.15) is 5.10 Å². The van der Waals surface area contributed by atoms with Gasteiger partial charge in [-0.05, 0) is 52.7 Å². The molecule has 0 atom stereocenters. The number of hydrogen-bond donors (Lipinski definition) is 1. The zero-order valence-corrected chi connectivity index (χ0v) is 17.4. The Morgan fingerprint density at radius 2 is 1.86 bits per heavy atom. The van der Waals surface area contributed by atoms with Gasteiger partial charge in [0.15, 0.2) is 5.16 Å². The van der Waals surface area contributed by atoms with Gasteiger partial charge in [-0.15, -0.1) is 10.2 Å². The fourth-order valence-electron chi connectivity index (χ4n) is 3.27. The minimum Gasteiger partial charge on any atom is -0.322 e. The van der Waals surface area contributed by atoms with E-state index in [1.54, 1.807) is 0 Å². The van der Waals surface area contributed by atoms with Crippen molar-refractivity contribution in [3.8, 4) is 5.69 Å². The van der Waals surface area contributed by atoms with Crippen LogP contribution in [0.15, 0.2) is 29.4 Å². The molecular formula is C20H24N6OS. The lowest BCUT2D eigenvalue weighted by atomic mass is 10.2. The van der Waals surface area contributed by atoms with Gasteiger partial charge in [-0.3, -0.25) is 4.79 Å². The molecule has 1 aliphatic carbocycles. The van der Waals surface area contributed by atoms with E-state index < -0.39 is 0 Å². The minimum absolute atomic E-state index is 0.0670. The van der Waals surface area contributed by atoms with Crippen LogP contribution in [0.4, 0.5) is 5.69 Å². The van der Waals surface area contributed by atoms with E-state index in [4.69, 9.17) is 0 Å². The molecule has 1 saturated carbocycles. The van der Waals surface area contributed by atoms with Crippen LogP contribution in [-0.4, -0.2) is 36.2 Å². The molecule has 2 aromatic heterocycles. The summed E-state index contributed by atoms with van der Waals surface area (Å²) >= 11 is 1.43. The molecule has 0 spiro atoms. The molecule has 0 aliphatic heterocycles. The Labute approximate surface area is 168 Å². The highest BCUT2D eigenvalue weighted by atomic mass is 32.2. The first kappa shape index (κ1) is 18.7. The van der Waals surface area contributed by atoms with Gasteiger partial charge in [0, 0.05) is 6.04 Å². The number of aromatic nitrogens is 5. The maximum atomic E-state index is 12.6. The van der Waals surface area contributed by atoms with Crippen molar-refractivity contribution in [2.45, 2.75) is 51.7 Å². The average molecular weight is 397 g/mol. The highest BCUT2D eigenvalue weighted by molar-refractivity contribution is 7.99. The predicted octanol–water partition coefficient (Wildman–Crippen LogP) is 3.76. The van der Waals surface area contributed by atoms with Crippen molar-refractivity contribution >= 4 is 23.4 Å². The Morgan fingerprint density at radius 3 is 2.54 bits per heavy atom. The van der Waals surface area contributed by atoms with Gasteiger partial charge in [-0.1, -0.05) is 29.5 Å². The van der Waals surface area contributed by atoms with Gasteiger partial charge < -0.3 is 9.88 Å². The maximum absolute atomic E-state index is 12.6. The molecule has 4 rings (SSSR count). The summed E-state index contributed by atoms with van der Waals surface area (Å²) in [5.41, 5.74) is 4.66. The number of anilines is 1. The van der Waals surface area contributed by atoms with E-state index in [9.17, 15) is 4.79 Å². The number of thioether (sulfide) groups is 1. The van der Waals surface area contributed by atoms with E-state index >= 15 is 0 Å². The topological polar surface area (TPSA) is 77.6 Å². The summed E-state index contributed by atoms with van der Waals surface area (Å²) in [6.07, 6.45) is 2.32. The number of nitrogens with one attached hydrogen (secondary N) is 1. The minimum atomic E-state index is -0.0670. The number of aryl methyl sites for hydroxylation is 3. The van der Waals surface area contributed by atoms with Gasteiger partial charge >= 0.3 is 0 Å². The lowest BCUT2D eigenvalue weighted by molar-refractivity contribution is -0.113. The van der Waals surface area contributed by atoms with Gasteiger partial charge in [-0.25, -0.2) is 4.68 Å². The lowest BCUT2D eigenvalue weighted by Crippen LogP contribution is -2.16. The summed E-state index contributed by atoms with van der Waals surface area (Å²) in [4.78, 5) is 12.6. The van der Waals surface area contributed by atoms with Crippen molar-refractivity contribution in [2.75, 3.05) is 11.1 Å². The van der Waals surface area contributed by atoms with Gasteiger partial charge in [0.2, 0.25) is 5.91 Å². The molecule has 0 unspecified atom stereocenters. The van der Waals surface area contributed by atoms with Gasteiger partial charge in [0.1, 0.15) is 5.82 Å².